The first-order valence-electron chi connectivity index (χ1n) is 11.2. The largest absolute Gasteiger partial charge is 0.495 e. The highest BCUT2D eigenvalue weighted by molar-refractivity contribution is 7.80. The van der Waals surface area contributed by atoms with Gasteiger partial charge in [-0.25, -0.2) is 0 Å². The Balaban J connectivity index is 1.67. The van der Waals surface area contributed by atoms with Crippen LogP contribution in [0.15, 0.2) is 72.9 Å². The summed E-state index contributed by atoms with van der Waals surface area (Å²) in [5.41, 5.74) is 6.23. The Kier molecular flexibility index (Phi) is 6.45. The van der Waals surface area contributed by atoms with Gasteiger partial charge in [-0.05, 0) is 92.3 Å². The van der Waals surface area contributed by atoms with Crippen LogP contribution in [-0.4, -0.2) is 21.8 Å². The molecule has 0 bridgehead atoms. The molecule has 1 N–H and O–H groups in total. The Morgan fingerprint density at radius 2 is 1.71 bits per heavy atom. The van der Waals surface area contributed by atoms with E-state index < -0.39 is 0 Å². The number of ether oxygens (including phenoxy) is 1. The van der Waals surface area contributed by atoms with Crippen LogP contribution in [0.2, 0.25) is 10.0 Å². The van der Waals surface area contributed by atoms with Crippen LogP contribution >= 0.6 is 35.4 Å². The molecule has 8 heteroatoms. The molecule has 0 aliphatic carbocycles. The van der Waals surface area contributed by atoms with Crippen LogP contribution in [0, 0.1) is 13.8 Å². The zero-order valence-electron chi connectivity index (χ0n) is 19.5. The fraction of sp³-hybridized carbons (Fsp3) is 0.185. The van der Waals surface area contributed by atoms with Gasteiger partial charge in [-0.1, -0.05) is 29.3 Å². The Bertz CT molecular complexity index is 1390. The molecule has 178 valence electrons. The van der Waals surface area contributed by atoms with Crippen LogP contribution < -0.4 is 15.0 Å². The molecular weight excluding hydrogens is 499 g/mol. The van der Waals surface area contributed by atoms with Crippen molar-refractivity contribution >= 4 is 46.2 Å². The maximum atomic E-state index is 6.51. The molecule has 1 fully saturated rings. The molecule has 2 atom stereocenters. The molecule has 3 heterocycles. The molecule has 0 saturated carbocycles. The standard InChI is InChI=1S/C27H24Cl2N4OS/c1-16-14-21(17(2)32(16)19-9-7-18(28)8-10-19)26-25(23-6-4-5-13-30-23)31-27(35)33(26)20-11-12-24(34-3)22(29)15-20/h4-15,25-26H,1-3H3,(H,31,35)/t25-,26-/m1/s1. The third-order valence-electron chi connectivity index (χ3n) is 6.39. The summed E-state index contributed by atoms with van der Waals surface area (Å²) in [6.45, 7) is 4.24. The molecule has 0 spiro atoms. The molecule has 1 saturated heterocycles. The van der Waals surface area contributed by atoms with E-state index in [1.165, 1.54) is 0 Å². The Labute approximate surface area is 220 Å². The summed E-state index contributed by atoms with van der Waals surface area (Å²) < 4.78 is 7.60. The lowest BCUT2D eigenvalue weighted by atomic mass is 9.96. The van der Waals surface area contributed by atoms with Gasteiger partial charge in [0.1, 0.15) is 5.75 Å². The molecule has 5 rings (SSSR count). The number of halogens is 2. The van der Waals surface area contributed by atoms with E-state index in [0.717, 1.165) is 34.0 Å². The molecular formula is C27H24Cl2N4OS. The van der Waals surface area contributed by atoms with Crippen molar-refractivity contribution in [2.24, 2.45) is 0 Å². The van der Waals surface area contributed by atoms with Crippen molar-refractivity contribution in [3.05, 3.63) is 106 Å². The number of aryl methyl sites for hydroxylation is 1. The number of rotatable bonds is 5. The minimum Gasteiger partial charge on any atom is -0.495 e. The summed E-state index contributed by atoms with van der Waals surface area (Å²) in [4.78, 5) is 6.77. The van der Waals surface area contributed by atoms with Crippen molar-refractivity contribution in [1.29, 1.82) is 0 Å². The van der Waals surface area contributed by atoms with Crippen LogP contribution in [0.1, 0.15) is 34.7 Å². The van der Waals surface area contributed by atoms with Gasteiger partial charge < -0.3 is 19.5 Å². The Morgan fingerprint density at radius 3 is 2.37 bits per heavy atom. The van der Waals surface area contributed by atoms with Crippen molar-refractivity contribution in [1.82, 2.24) is 14.9 Å². The van der Waals surface area contributed by atoms with E-state index in [-0.39, 0.29) is 12.1 Å². The summed E-state index contributed by atoms with van der Waals surface area (Å²) in [7, 11) is 1.61. The maximum absolute atomic E-state index is 6.51. The lowest BCUT2D eigenvalue weighted by molar-refractivity contribution is 0.415. The van der Waals surface area contributed by atoms with Crippen molar-refractivity contribution < 1.29 is 4.74 Å². The number of hydrogen-bond acceptors (Lipinski definition) is 3. The van der Waals surface area contributed by atoms with Crippen LogP contribution in [0.25, 0.3) is 5.69 Å². The van der Waals surface area contributed by atoms with Crippen LogP contribution in [0.5, 0.6) is 5.75 Å². The molecule has 35 heavy (non-hydrogen) atoms. The summed E-state index contributed by atoms with van der Waals surface area (Å²) >= 11 is 18.5. The predicted octanol–water partition coefficient (Wildman–Crippen LogP) is 6.98. The molecule has 2 aromatic carbocycles. The SMILES string of the molecule is COc1ccc(N2C(=S)N[C@H](c3ccccn3)[C@H]2c2cc(C)n(-c3ccc(Cl)cc3)c2C)cc1Cl. The van der Waals surface area contributed by atoms with E-state index in [1.54, 1.807) is 13.3 Å². The van der Waals surface area contributed by atoms with E-state index >= 15 is 0 Å². The number of hydrogen-bond donors (Lipinski definition) is 1. The molecule has 4 aromatic rings. The van der Waals surface area contributed by atoms with Gasteiger partial charge in [0.05, 0.1) is 29.9 Å². The summed E-state index contributed by atoms with van der Waals surface area (Å²) in [5, 5.41) is 5.36. The number of anilines is 1. The van der Waals surface area contributed by atoms with Gasteiger partial charge in [0.25, 0.3) is 0 Å². The van der Waals surface area contributed by atoms with E-state index in [0.29, 0.717) is 20.9 Å². The number of thiocarbonyl (C=S) groups is 1. The number of nitrogens with zero attached hydrogens (tertiary/aromatic N) is 3. The molecule has 0 amide bonds. The third-order valence-corrected chi connectivity index (χ3v) is 7.25. The number of pyridine rings is 1. The quantitative estimate of drug-likeness (QED) is 0.286. The first kappa shape index (κ1) is 23.7. The normalized spacial score (nSPS) is 17.5. The summed E-state index contributed by atoms with van der Waals surface area (Å²) in [6.07, 6.45) is 1.81. The maximum Gasteiger partial charge on any atom is 0.174 e. The van der Waals surface area contributed by atoms with Crippen molar-refractivity contribution in [3.63, 3.8) is 0 Å². The van der Waals surface area contributed by atoms with Crippen molar-refractivity contribution in [3.8, 4) is 11.4 Å². The number of nitrogens with one attached hydrogen (secondary N) is 1. The van der Waals surface area contributed by atoms with E-state index in [9.17, 15) is 0 Å². The monoisotopic (exact) mass is 522 g/mol. The molecule has 1 aliphatic rings. The average Bonchev–Trinajstić information content (AvgIpc) is 3.35. The Hall–Kier alpha value is -3.06. The average molecular weight is 523 g/mol. The summed E-state index contributed by atoms with van der Waals surface area (Å²) in [5.74, 6) is 0.618. The summed E-state index contributed by atoms with van der Waals surface area (Å²) in [6, 6.07) is 21.5. The topological polar surface area (TPSA) is 42.3 Å². The molecule has 0 unspecified atom stereocenters. The van der Waals surface area contributed by atoms with Gasteiger partial charge in [-0.15, -0.1) is 0 Å². The number of benzene rings is 2. The highest BCUT2D eigenvalue weighted by Crippen LogP contribution is 2.44. The van der Waals surface area contributed by atoms with Gasteiger partial charge in [0.2, 0.25) is 0 Å². The van der Waals surface area contributed by atoms with Gasteiger partial charge >= 0.3 is 0 Å². The van der Waals surface area contributed by atoms with Crippen LogP contribution in [0.4, 0.5) is 5.69 Å². The molecule has 2 aromatic heterocycles. The van der Waals surface area contributed by atoms with Crippen LogP contribution in [-0.2, 0) is 0 Å². The molecule has 1 aliphatic heterocycles. The first-order chi connectivity index (χ1) is 16.9. The third kappa shape index (κ3) is 4.27. The highest BCUT2D eigenvalue weighted by Gasteiger charge is 2.42. The minimum atomic E-state index is -0.149. The second-order valence-corrected chi connectivity index (χ2v) is 9.68. The molecule has 5 nitrogen and oxygen atoms in total. The van der Waals surface area contributed by atoms with Crippen molar-refractivity contribution in [2.45, 2.75) is 25.9 Å². The predicted molar refractivity (Wildman–Crippen MR) is 146 cm³/mol. The fourth-order valence-corrected chi connectivity index (χ4v) is 5.55. The second kappa shape index (κ2) is 9.53. The lowest BCUT2D eigenvalue weighted by Gasteiger charge is -2.28. The highest BCUT2D eigenvalue weighted by atomic mass is 35.5. The minimum absolute atomic E-state index is 0.144. The van der Waals surface area contributed by atoms with Crippen LogP contribution in [0.3, 0.4) is 0 Å². The van der Waals surface area contributed by atoms with Gasteiger partial charge in [0, 0.05) is 34.0 Å². The first-order valence-corrected chi connectivity index (χ1v) is 12.3. The van der Waals surface area contributed by atoms with E-state index in [2.05, 4.69) is 39.7 Å². The van der Waals surface area contributed by atoms with Gasteiger partial charge in [0.15, 0.2) is 5.11 Å². The van der Waals surface area contributed by atoms with E-state index in [1.807, 2.05) is 60.7 Å². The fourth-order valence-electron chi connectivity index (χ4n) is 4.83. The zero-order chi connectivity index (χ0) is 24.7. The second-order valence-electron chi connectivity index (χ2n) is 8.45. The van der Waals surface area contributed by atoms with E-state index in [4.69, 9.17) is 40.2 Å². The number of methoxy groups -OCH3 is 1. The molecule has 0 radical (unpaired) electrons. The number of aromatic nitrogens is 2. The lowest BCUT2D eigenvalue weighted by Crippen LogP contribution is -2.29. The zero-order valence-corrected chi connectivity index (χ0v) is 21.8. The van der Waals surface area contributed by atoms with Crippen molar-refractivity contribution in [2.75, 3.05) is 12.0 Å². The van der Waals surface area contributed by atoms with Gasteiger partial charge in [-0.2, -0.15) is 0 Å². The Morgan fingerprint density at radius 1 is 0.971 bits per heavy atom. The smallest absolute Gasteiger partial charge is 0.174 e. The van der Waals surface area contributed by atoms with Gasteiger partial charge in [-0.3, -0.25) is 4.98 Å².